The van der Waals surface area contributed by atoms with Crippen LogP contribution in [0.15, 0.2) is 22.7 Å². The highest BCUT2D eigenvalue weighted by Crippen LogP contribution is 2.27. The molecule has 0 fully saturated rings. The van der Waals surface area contributed by atoms with Gasteiger partial charge in [-0.3, -0.25) is 4.79 Å². The summed E-state index contributed by atoms with van der Waals surface area (Å²) in [6, 6.07) is 7.09. The first-order valence-corrected chi connectivity index (χ1v) is 5.49. The van der Waals surface area contributed by atoms with E-state index in [9.17, 15) is 4.79 Å². The molecule has 1 aromatic carbocycles. The van der Waals surface area contributed by atoms with Crippen molar-refractivity contribution in [3.8, 4) is 6.07 Å². The predicted octanol–water partition coefficient (Wildman–Crippen LogP) is 1.84. The van der Waals surface area contributed by atoms with E-state index in [1.807, 2.05) is 6.07 Å². The second-order valence-electron chi connectivity index (χ2n) is 3.38. The topological polar surface area (TPSA) is 87.1 Å². The average molecular weight is 283 g/mol. The number of aliphatic carboxylic acids is 1. The second-order valence-corrected chi connectivity index (χ2v) is 4.23. The van der Waals surface area contributed by atoms with E-state index in [0.717, 1.165) is 10.0 Å². The summed E-state index contributed by atoms with van der Waals surface area (Å²) in [6.07, 6.45) is -0.0377. The molecule has 0 aliphatic rings. The van der Waals surface area contributed by atoms with Crippen LogP contribution >= 0.6 is 15.9 Å². The average Bonchev–Trinajstić information content (AvgIpc) is 2.26. The summed E-state index contributed by atoms with van der Waals surface area (Å²) in [5.74, 6) is -1.18. The van der Waals surface area contributed by atoms with Crippen LogP contribution in [-0.4, -0.2) is 17.6 Å². The van der Waals surface area contributed by atoms with E-state index in [-0.39, 0.29) is 18.9 Å². The van der Waals surface area contributed by atoms with Gasteiger partial charge in [-0.15, -0.1) is 0 Å². The Morgan fingerprint density at radius 2 is 2.31 bits per heavy atom. The number of benzene rings is 1. The Balaban J connectivity index is 3.08. The van der Waals surface area contributed by atoms with Gasteiger partial charge < -0.3 is 10.8 Å². The van der Waals surface area contributed by atoms with Gasteiger partial charge >= 0.3 is 5.97 Å². The molecule has 4 nitrogen and oxygen atoms in total. The molecule has 1 rings (SSSR count). The largest absolute Gasteiger partial charge is 0.481 e. The van der Waals surface area contributed by atoms with Crippen LogP contribution in [-0.2, 0) is 4.79 Å². The number of hydrogen-bond acceptors (Lipinski definition) is 3. The normalized spacial score (nSPS) is 11.8. The van der Waals surface area contributed by atoms with Gasteiger partial charge in [-0.1, -0.05) is 15.9 Å². The van der Waals surface area contributed by atoms with Gasteiger partial charge in [0.2, 0.25) is 0 Å². The van der Waals surface area contributed by atoms with Gasteiger partial charge in [-0.05, 0) is 30.3 Å². The standard InChI is InChI=1S/C11H11BrN2O2/c12-10-2-1-7(5-13)3-9(10)8(6-14)4-11(15)16/h1-3,8H,4,6,14H2,(H,15,16). The summed E-state index contributed by atoms with van der Waals surface area (Å²) in [7, 11) is 0. The maximum atomic E-state index is 10.7. The number of nitriles is 1. The van der Waals surface area contributed by atoms with Crippen molar-refractivity contribution in [2.75, 3.05) is 6.54 Å². The minimum atomic E-state index is -0.898. The molecule has 3 N–H and O–H groups in total. The number of halogens is 1. The van der Waals surface area contributed by atoms with Crippen LogP contribution in [0.25, 0.3) is 0 Å². The minimum Gasteiger partial charge on any atom is -0.481 e. The van der Waals surface area contributed by atoms with Crippen molar-refractivity contribution in [2.24, 2.45) is 5.73 Å². The smallest absolute Gasteiger partial charge is 0.304 e. The van der Waals surface area contributed by atoms with E-state index in [4.69, 9.17) is 16.1 Å². The first kappa shape index (κ1) is 12.7. The van der Waals surface area contributed by atoms with Crippen molar-refractivity contribution in [3.05, 3.63) is 33.8 Å². The molecule has 0 aliphatic heterocycles. The highest BCUT2D eigenvalue weighted by Gasteiger charge is 2.17. The molecule has 0 spiro atoms. The summed E-state index contributed by atoms with van der Waals surface area (Å²) < 4.78 is 0.781. The Kier molecular flexibility index (Phi) is 4.47. The lowest BCUT2D eigenvalue weighted by Crippen LogP contribution is -2.16. The summed E-state index contributed by atoms with van der Waals surface area (Å²) >= 11 is 3.33. The molecule has 0 radical (unpaired) electrons. The SMILES string of the molecule is N#Cc1ccc(Br)c(C(CN)CC(=O)O)c1. The predicted molar refractivity (Wildman–Crippen MR) is 62.9 cm³/mol. The van der Waals surface area contributed by atoms with Crippen LogP contribution in [0.3, 0.4) is 0 Å². The van der Waals surface area contributed by atoms with Crippen LogP contribution in [0.1, 0.15) is 23.5 Å². The number of carboxylic acids is 1. The molecular weight excluding hydrogens is 272 g/mol. The zero-order valence-corrected chi connectivity index (χ0v) is 10.1. The zero-order valence-electron chi connectivity index (χ0n) is 8.48. The number of carbonyl (C=O) groups is 1. The van der Waals surface area contributed by atoms with Gasteiger partial charge in [0.25, 0.3) is 0 Å². The molecule has 0 bridgehead atoms. The van der Waals surface area contributed by atoms with Gasteiger partial charge in [0.15, 0.2) is 0 Å². The summed E-state index contributed by atoms with van der Waals surface area (Å²) in [4.78, 5) is 10.7. The third-order valence-corrected chi connectivity index (χ3v) is 2.99. The van der Waals surface area contributed by atoms with E-state index >= 15 is 0 Å². The Morgan fingerprint density at radius 1 is 1.62 bits per heavy atom. The van der Waals surface area contributed by atoms with E-state index < -0.39 is 5.97 Å². The Morgan fingerprint density at radius 3 is 2.81 bits per heavy atom. The fourth-order valence-corrected chi connectivity index (χ4v) is 2.03. The lowest BCUT2D eigenvalue weighted by molar-refractivity contribution is -0.137. The monoisotopic (exact) mass is 282 g/mol. The Labute approximate surface area is 102 Å². The number of nitrogens with zero attached hydrogens (tertiary/aromatic N) is 1. The lowest BCUT2D eigenvalue weighted by Gasteiger charge is -2.14. The Hall–Kier alpha value is -1.38. The highest BCUT2D eigenvalue weighted by atomic mass is 79.9. The van der Waals surface area contributed by atoms with Gasteiger partial charge in [0.1, 0.15) is 0 Å². The van der Waals surface area contributed by atoms with Gasteiger partial charge in [0, 0.05) is 10.4 Å². The Bertz CT molecular complexity index is 440. The van der Waals surface area contributed by atoms with Gasteiger partial charge in [-0.25, -0.2) is 0 Å². The van der Waals surface area contributed by atoms with Crippen molar-refractivity contribution in [3.63, 3.8) is 0 Å². The van der Waals surface area contributed by atoms with Crippen molar-refractivity contribution < 1.29 is 9.90 Å². The van der Waals surface area contributed by atoms with Gasteiger partial charge in [-0.2, -0.15) is 5.26 Å². The maximum absolute atomic E-state index is 10.7. The molecule has 5 heteroatoms. The van der Waals surface area contributed by atoms with E-state index in [1.54, 1.807) is 18.2 Å². The second kappa shape index (κ2) is 5.64. The maximum Gasteiger partial charge on any atom is 0.304 e. The van der Waals surface area contributed by atoms with Crippen LogP contribution < -0.4 is 5.73 Å². The minimum absolute atomic E-state index is 0.0377. The first-order chi connectivity index (χ1) is 7.58. The summed E-state index contributed by atoms with van der Waals surface area (Å²) in [6.45, 7) is 0.236. The quantitative estimate of drug-likeness (QED) is 0.882. The number of hydrogen-bond donors (Lipinski definition) is 2. The number of nitrogens with two attached hydrogens (primary N) is 1. The first-order valence-electron chi connectivity index (χ1n) is 4.70. The molecule has 1 unspecified atom stereocenters. The van der Waals surface area contributed by atoms with Crippen molar-refractivity contribution in [2.45, 2.75) is 12.3 Å². The van der Waals surface area contributed by atoms with E-state index in [0.29, 0.717) is 5.56 Å². The van der Waals surface area contributed by atoms with Crippen LogP contribution in [0.2, 0.25) is 0 Å². The molecular formula is C11H11BrN2O2. The molecule has 0 saturated heterocycles. The number of carboxylic acid groups (broad SMARTS) is 1. The third-order valence-electron chi connectivity index (χ3n) is 2.27. The molecule has 0 heterocycles. The van der Waals surface area contributed by atoms with Crippen LogP contribution in [0.5, 0.6) is 0 Å². The zero-order chi connectivity index (χ0) is 12.1. The molecule has 0 saturated carbocycles. The van der Waals surface area contributed by atoms with Crippen molar-refractivity contribution >= 4 is 21.9 Å². The van der Waals surface area contributed by atoms with E-state index in [1.165, 1.54) is 0 Å². The van der Waals surface area contributed by atoms with E-state index in [2.05, 4.69) is 15.9 Å². The fourth-order valence-electron chi connectivity index (χ4n) is 1.46. The summed E-state index contributed by atoms with van der Waals surface area (Å²) in [5, 5.41) is 17.5. The fraction of sp³-hybridized carbons (Fsp3) is 0.273. The third kappa shape index (κ3) is 3.05. The lowest BCUT2D eigenvalue weighted by atomic mass is 9.94. The molecule has 1 atom stereocenters. The van der Waals surface area contributed by atoms with Gasteiger partial charge in [0.05, 0.1) is 18.1 Å². The van der Waals surface area contributed by atoms with Crippen molar-refractivity contribution in [1.29, 1.82) is 5.26 Å². The molecule has 0 aliphatic carbocycles. The highest BCUT2D eigenvalue weighted by molar-refractivity contribution is 9.10. The molecule has 0 amide bonds. The summed E-state index contributed by atoms with van der Waals surface area (Å²) in [5.41, 5.74) is 6.82. The van der Waals surface area contributed by atoms with Crippen LogP contribution in [0.4, 0.5) is 0 Å². The molecule has 16 heavy (non-hydrogen) atoms. The van der Waals surface area contributed by atoms with Crippen molar-refractivity contribution in [1.82, 2.24) is 0 Å². The molecule has 1 aromatic rings. The molecule has 0 aromatic heterocycles. The number of rotatable bonds is 4. The molecule has 84 valence electrons. The van der Waals surface area contributed by atoms with Crippen LogP contribution in [0, 0.1) is 11.3 Å².